The number of rotatable bonds is 6. The molecule has 0 N–H and O–H groups in total. The highest BCUT2D eigenvalue weighted by atomic mass is 35.5. The van der Waals surface area contributed by atoms with Crippen LogP contribution in [0.1, 0.15) is 20.3 Å². The molecular weight excluding hydrogens is 262 g/mol. The van der Waals surface area contributed by atoms with Crippen molar-refractivity contribution in [1.82, 2.24) is 0 Å². The third-order valence-corrected chi connectivity index (χ3v) is 2.70. The molecule has 0 aliphatic rings. The Bertz CT molecular complexity index is 388. The molecule has 0 saturated carbocycles. The first-order valence-corrected chi connectivity index (χ1v) is 5.83. The molecule has 0 heterocycles. The zero-order chi connectivity index (χ0) is 13.4. The number of esters is 1. The summed E-state index contributed by atoms with van der Waals surface area (Å²) in [6, 6.07) is 0. The number of methoxy groups -OCH3 is 1. The fraction of sp³-hybridized carbons (Fsp3) is 0.455. The van der Waals surface area contributed by atoms with Crippen LogP contribution in [0.4, 0.5) is 0 Å². The van der Waals surface area contributed by atoms with Crippen molar-refractivity contribution >= 4 is 34.7 Å². The lowest BCUT2D eigenvalue weighted by Gasteiger charge is -1.99. The van der Waals surface area contributed by atoms with Gasteiger partial charge in [-0.05, 0) is 31.0 Å². The minimum absolute atomic E-state index is 0.0112. The van der Waals surface area contributed by atoms with E-state index in [0.29, 0.717) is 16.0 Å². The van der Waals surface area contributed by atoms with Crippen LogP contribution in [0.3, 0.4) is 0 Å². The summed E-state index contributed by atoms with van der Waals surface area (Å²) in [7, 11) is 1.22. The molecule has 0 rings (SSSR count). The number of hydrogen-bond acceptors (Lipinski definition) is 4. The number of nitroso groups, excluding NO2 is 1. The Labute approximate surface area is 111 Å². The second-order valence-corrected chi connectivity index (χ2v) is 4.06. The zero-order valence-corrected chi connectivity index (χ0v) is 11.6. The average Bonchev–Trinajstić information content (AvgIpc) is 2.33. The minimum Gasteiger partial charge on any atom is -0.465 e. The number of halogens is 1. The van der Waals surface area contributed by atoms with Gasteiger partial charge in [0.15, 0.2) is 0 Å². The number of thiocarbonyl (C=S) groups is 1. The monoisotopic (exact) mass is 276 g/mol. The predicted octanol–water partition coefficient (Wildman–Crippen LogP) is 2.74. The molecule has 0 amide bonds. The number of nitrogens with zero attached hydrogens (tertiary/aromatic N) is 1. The van der Waals surface area contributed by atoms with E-state index in [2.05, 4.69) is 4.74 Å². The number of ether oxygens (including phenoxy) is 1. The Hall–Kier alpha value is -1.07. The van der Waals surface area contributed by atoms with Crippen LogP contribution in [0.2, 0.25) is 0 Å². The second kappa shape index (κ2) is 8.08. The van der Waals surface area contributed by atoms with Gasteiger partial charge >= 0.3 is 11.1 Å². The highest BCUT2D eigenvalue weighted by molar-refractivity contribution is 7.80. The predicted molar refractivity (Wildman–Crippen MR) is 71.1 cm³/mol. The van der Waals surface area contributed by atoms with Gasteiger partial charge in [0, 0.05) is 4.91 Å². The molecule has 0 atom stereocenters. The molecular formula is C11H15ClNO3S+. The molecule has 4 nitrogen and oxygen atoms in total. The normalized spacial score (nSPS) is 12.2. The molecule has 6 heteroatoms. The molecule has 0 saturated heterocycles. The van der Waals surface area contributed by atoms with Crippen LogP contribution in [-0.2, 0) is 9.53 Å². The van der Waals surface area contributed by atoms with Crippen LogP contribution in [-0.4, -0.2) is 29.2 Å². The van der Waals surface area contributed by atoms with Crippen LogP contribution >= 0.6 is 23.8 Å². The number of hydrogen-bond donors (Lipinski definition) is 0. The molecule has 17 heavy (non-hydrogen) atoms. The highest BCUT2D eigenvalue weighted by Crippen LogP contribution is 2.14. The van der Waals surface area contributed by atoms with E-state index in [0.717, 1.165) is 0 Å². The van der Waals surface area contributed by atoms with Gasteiger partial charge in [0.2, 0.25) is 6.54 Å². The van der Waals surface area contributed by atoms with Gasteiger partial charge in [0.25, 0.3) is 0 Å². The summed E-state index contributed by atoms with van der Waals surface area (Å²) in [6.45, 7) is 3.54. The zero-order valence-electron chi connectivity index (χ0n) is 10.0. The third-order valence-electron chi connectivity index (χ3n) is 1.89. The Morgan fingerprint density at radius 2 is 2.12 bits per heavy atom. The van der Waals surface area contributed by atoms with Crippen LogP contribution in [0.25, 0.3) is 0 Å². The smallest absolute Gasteiger partial charge is 0.345 e. The van der Waals surface area contributed by atoms with Gasteiger partial charge < -0.3 is 4.74 Å². The van der Waals surface area contributed by atoms with E-state index < -0.39 is 5.97 Å². The van der Waals surface area contributed by atoms with E-state index in [9.17, 15) is 9.70 Å². The Kier molecular flexibility index (Phi) is 7.58. The van der Waals surface area contributed by atoms with E-state index in [-0.39, 0.29) is 17.3 Å². The van der Waals surface area contributed by atoms with Gasteiger partial charge in [-0.15, -0.1) is 0 Å². The van der Waals surface area contributed by atoms with Crippen molar-refractivity contribution in [1.29, 1.82) is 0 Å². The van der Waals surface area contributed by atoms with Gasteiger partial charge in [-0.1, -0.05) is 25.2 Å². The quantitative estimate of drug-likeness (QED) is 0.187. The Morgan fingerprint density at radius 3 is 2.53 bits per heavy atom. The maximum Gasteiger partial charge on any atom is 0.345 e. The first-order valence-electron chi connectivity index (χ1n) is 5.05. The van der Waals surface area contributed by atoms with Crippen molar-refractivity contribution in [2.45, 2.75) is 20.3 Å². The van der Waals surface area contributed by atoms with Crippen molar-refractivity contribution in [3.63, 3.8) is 0 Å². The molecule has 0 aromatic carbocycles. The van der Waals surface area contributed by atoms with Crippen molar-refractivity contribution in [3.05, 3.63) is 27.8 Å². The average molecular weight is 277 g/mol. The van der Waals surface area contributed by atoms with Crippen LogP contribution in [0.5, 0.6) is 0 Å². The van der Waals surface area contributed by atoms with Gasteiger partial charge in [0.05, 0.1) is 16.7 Å². The summed E-state index contributed by atoms with van der Waals surface area (Å²) in [6.07, 6.45) is 3.63. The van der Waals surface area contributed by atoms with Gasteiger partial charge in [-0.3, -0.25) is 0 Å². The van der Waals surface area contributed by atoms with E-state index >= 15 is 0 Å². The summed E-state index contributed by atoms with van der Waals surface area (Å²) >= 11 is 10.8. The van der Waals surface area contributed by atoms with Gasteiger partial charge in [-0.2, -0.15) is 0 Å². The van der Waals surface area contributed by atoms with Crippen LogP contribution in [0, 0.1) is 4.91 Å². The van der Waals surface area contributed by atoms with E-state index in [1.54, 1.807) is 13.0 Å². The molecule has 0 aliphatic carbocycles. The molecule has 0 aromatic rings. The summed E-state index contributed by atoms with van der Waals surface area (Å²) in [5, 5.41) is -0.217. The minimum atomic E-state index is -0.656. The summed E-state index contributed by atoms with van der Waals surface area (Å²) in [5.74, 6) is -0.656. The van der Waals surface area contributed by atoms with Crippen LogP contribution in [0.15, 0.2) is 22.9 Å². The molecule has 0 radical (unpaired) electrons. The molecule has 0 fully saturated rings. The highest BCUT2D eigenvalue weighted by Gasteiger charge is 2.25. The molecule has 0 aliphatic heterocycles. The van der Waals surface area contributed by atoms with Crippen LogP contribution < -0.4 is 0 Å². The lowest BCUT2D eigenvalue weighted by atomic mass is 10.2. The van der Waals surface area contributed by atoms with Crippen molar-refractivity contribution in [3.8, 4) is 0 Å². The lowest BCUT2D eigenvalue weighted by molar-refractivity contribution is -0.471. The molecule has 0 unspecified atom stereocenters. The third kappa shape index (κ3) is 5.19. The fourth-order valence-corrected chi connectivity index (χ4v) is 1.29. The van der Waals surface area contributed by atoms with Crippen molar-refractivity contribution in [2.24, 2.45) is 0 Å². The second-order valence-electron chi connectivity index (χ2n) is 3.12. The molecule has 94 valence electrons. The van der Waals surface area contributed by atoms with E-state index in [1.807, 2.05) is 6.92 Å². The molecule has 0 bridgehead atoms. The standard InChI is InChI=1S/C11H15ClNO3S/c1-4-6-9(11(14)16-3)10(12)13(15)7-8(17)5-2/h4,6H,5,7H2,1-3H3/q+1. The Morgan fingerprint density at radius 1 is 1.53 bits per heavy atom. The lowest BCUT2D eigenvalue weighted by Crippen LogP contribution is -2.17. The van der Waals surface area contributed by atoms with E-state index in [4.69, 9.17) is 23.8 Å². The molecule has 0 spiro atoms. The fourth-order valence-electron chi connectivity index (χ4n) is 0.973. The number of allylic oxidation sites excluding steroid dienone is 1. The topological polar surface area (TPSA) is 46.4 Å². The number of carbonyl (C=O) groups is 1. The van der Waals surface area contributed by atoms with E-state index in [1.165, 1.54) is 13.2 Å². The summed E-state index contributed by atoms with van der Waals surface area (Å²) < 4.78 is 5.02. The van der Waals surface area contributed by atoms with Gasteiger partial charge in [-0.25, -0.2) is 4.79 Å². The largest absolute Gasteiger partial charge is 0.465 e. The summed E-state index contributed by atoms with van der Waals surface area (Å²) in [4.78, 5) is 23.6. The Balaban J connectivity index is 5.13. The first-order chi connectivity index (χ1) is 7.97. The van der Waals surface area contributed by atoms with Crippen molar-refractivity contribution < 1.29 is 14.3 Å². The van der Waals surface area contributed by atoms with Crippen molar-refractivity contribution in [2.75, 3.05) is 13.7 Å². The summed E-state index contributed by atoms with van der Waals surface area (Å²) in [5.41, 5.74) is 0.0190. The maximum absolute atomic E-state index is 11.6. The first kappa shape index (κ1) is 15.9. The van der Waals surface area contributed by atoms with Gasteiger partial charge in [0.1, 0.15) is 5.57 Å². The molecule has 0 aromatic heterocycles. The maximum atomic E-state index is 11.6. The number of carbonyl (C=O) groups excluding carboxylic acids is 1. The SMILES string of the molecule is CC=CC(C(=O)OC)=C(Cl)[N+](=O)CC(=S)CC.